The van der Waals surface area contributed by atoms with Crippen LogP contribution in [0.15, 0.2) is 53.6 Å². The summed E-state index contributed by atoms with van der Waals surface area (Å²) in [6, 6.07) is 11.8. The number of hydrogen-bond donors (Lipinski definition) is 1. The van der Waals surface area contributed by atoms with Gasteiger partial charge in [-0.3, -0.25) is 8.98 Å². The van der Waals surface area contributed by atoms with E-state index in [1.54, 1.807) is 24.4 Å². The summed E-state index contributed by atoms with van der Waals surface area (Å²) in [4.78, 5) is 17.8. The summed E-state index contributed by atoms with van der Waals surface area (Å²) < 4.78 is 31.4. The van der Waals surface area contributed by atoms with E-state index in [4.69, 9.17) is 15.8 Å². The van der Waals surface area contributed by atoms with E-state index in [0.717, 1.165) is 37.4 Å². The number of amides is 1. The lowest BCUT2D eigenvalue weighted by atomic mass is 10.0. The monoisotopic (exact) mass is 560 g/mol. The number of hydrogen-bond acceptors (Lipinski definition) is 8. The molecule has 1 aromatic heterocycles. The highest BCUT2D eigenvalue weighted by Gasteiger charge is 2.28. The van der Waals surface area contributed by atoms with Crippen LogP contribution in [0, 0.1) is 6.92 Å². The molecule has 0 aliphatic carbocycles. The predicted octanol–water partition coefficient (Wildman–Crippen LogP) is 3.06. The van der Waals surface area contributed by atoms with E-state index < -0.39 is 15.7 Å². The van der Waals surface area contributed by atoms with Gasteiger partial charge in [-0.15, -0.1) is 5.10 Å². The molecule has 1 aliphatic rings. The number of aryl methyl sites for hydroxylation is 1. The summed E-state index contributed by atoms with van der Waals surface area (Å²) in [5.74, 6) is -0.282. The molecule has 38 heavy (non-hydrogen) atoms. The molecule has 1 amide bonds. The van der Waals surface area contributed by atoms with Crippen molar-refractivity contribution in [3.8, 4) is 0 Å². The number of nitrogens with one attached hydrogen (secondary N) is 1. The molecule has 1 fully saturated rings. The molecule has 2 aromatic carbocycles. The molecule has 0 saturated carbocycles. The van der Waals surface area contributed by atoms with E-state index in [0.29, 0.717) is 16.3 Å². The standard InChI is InChI=1S/C26H33ClN6O4S/c1-19-5-7-23(8-6-19)38(35,36)37-14-13-33-18-24(29-30-33)26(2,3)28-25(34)20-15-21(27)17-22(16-20)32-11-9-31(4)10-12-32/h5-8,15-18H,9-14H2,1-4H3,(H,28,34). The Bertz CT molecular complexity index is 1380. The van der Waals surface area contributed by atoms with Crippen LogP contribution in [0.25, 0.3) is 0 Å². The zero-order valence-electron chi connectivity index (χ0n) is 22.0. The van der Waals surface area contributed by atoms with Gasteiger partial charge < -0.3 is 15.1 Å². The fourth-order valence-corrected chi connectivity index (χ4v) is 5.21. The average Bonchev–Trinajstić information content (AvgIpc) is 3.34. The van der Waals surface area contributed by atoms with Crippen molar-refractivity contribution in [1.29, 1.82) is 0 Å². The van der Waals surface area contributed by atoms with Crippen molar-refractivity contribution in [1.82, 2.24) is 25.2 Å². The topological polar surface area (TPSA) is 110 Å². The number of anilines is 1. The second-order valence-electron chi connectivity index (χ2n) is 10.0. The van der Waals surface area contributed by atoms with Crippen molar-refractivity contribution < 1.29 is 17.4 Å². The zero-order chi connectivity index (χ0) is 27.5. The van der Waals surface area contributed by atoms with Crippen molar-refractivity contribution in [3.63, 3.8) is 0 Å². The fourth-order valence-electron chi connectivity index (χ4n) is 4.08. The quantitative estimate of drug-likeness (QED) is 0.398. The Morgan fingerprint density at radius 2 is 1.79 bits per heavy atom. The van der Waals surface area contributed by atoms with Crippen LogP contribution in [0.5, 0.6) is 0 Å². The van der Waals surface area contributed by atoms with Gasteiger partial charge in [-0.05, 0) is 58.2 Å². The van der Waals surface area contributed by atoms with E-state index >= 15 is 0 Å². The van der Waals surface area contributed by atoms with E-state index in [2.05, 4.69) is 32.5 Å². The Morgan fingerprint density at radius 1 is 1.11 bits per heavy atom. The summed E-state index contributed by atoms with van der Waals surface area (Å²) >= 11 is 6.36. The molecule has 0 radical (unpaired) electrons. The molecule has 0 spiro atoms. The molecule has 0 atom stereocenters. The summed E-state index contributed by atoms with van der Waals surface area (Å²) in [5.41, 5.74) is 2.01. The maximum absolute atomic E-state index is 13.2. The van der Waals surface area contributed by atoms with Gasteiger partial charge in [0.1, 0.15) is 5.69 Å². The Balaban J connectivity index is 1.37. The van der Waals surface area contributed by atoms with Crippen LogP contribution in [0.1, 0.15) is 35.5 Å². The van der Waals surface area contributed by atoms with E-state index in [1.165, 1.54) is 16.8 Å². The van der Waals surface area contributed by atoms with Crippen molar-refractivity contribution in [2.75, 3.05) is 44.7 Å². The Kier molecular flexibility index (Phi) is 8.41. The number of carbonyl (C=O) groups excluding carboxylic acids is 1. The molecule has 1 N–H and O–H groups in total. The smallest absolute Gasteiger partial charge is 0.297 e. The third-order valence-electron chi connectivity index (χ3n) is 6.49. The highest BCUT2D eigenvalue weighted by molar-refractivity contribution is 7.86. The molecule has 4 rings (SSSR count). The van der Waals surface area contributed by atoms with Gasteiger partial charge in [-0.25, -0.2) is 4.68 Å². The van der Waals surface area contributed by atoms with Crippen molar-refractivity contribution in [2.45, 2.75) is 37.8 Å². The molecule has 0 unspecified atom stereocenters. The minimum atomic E-state index is -3.87. The molecular weight excluding hydrogens is 528 g/mol. The highest BCUT2D eigenvalue weighted by atomic mass is 35.5. The maximum Gasteiger partial charge on any atom is 0.297 e. The van der Waals surface area contributed by atoms with E-state index in [-0.39, 0.29) is 24.0 Å². The maximum atomic E-state index is 13.2. The van der Waals surface area contributed by atoms with Gasteiger partial charge in [-0.1, -0.05) is 34.5 Å². The third kappa shape index (κ3) is 6.90. The zero-order valence-corrected chi connectivity index (χ0v) is 23.6. The largest absolute Gasteiger partial charge is 0.369 e. The van der Waals surface area contributed by atoms with Gasteiger partial charge in [0.25, 0.3) is 16.0 Å². The van der Waals surface area contributed by atoms with Crippen molar-refractivity contribution in [3.05, 3.63) is 70.5 Å². The van der Waals surface area contributed by atoms with Crippen LogP contribution in [0.3, 0.4) is 0 Å². The normalized spacial score (nSPS) is 15.0. The molecule has 204 valence electrons. The first-order valence-electron chi connectivity index (χ1n) is 12.4. The number of carbonyl (C=O) groups is 1. The molecule has 2 heterocycles. The second-order valence-corrected chi connectivity index (χ2v) is 12.1. The Morgan fingerprint density at radius 3 is 2.47 bits per heavy atom. The molecule has 1 aliphatic heterocycles. The Labute approximate surface area is 228 Å². The molecule has 0 bridgehead atoms. The van der Waals surface area contributed by atoms with Crippen molar-refractivity contribution in [2.24, 2.45) is 0 Å². The van der Waals surface area contributed by atoms with E-state index in [9.17, 15) is 13.2 Å². The van der Waals surface area contributed by atoms with Gasteiger partial charge in [0.05, 0.1) is 29.8 Å². The molecule has 3 aromatic rings. The Hall–Kier alpha value is -2.99. The number of piperazine rings is 1. The SMILES string of the molecule is Cc1ccc(S(=O)(=O)OCCn2cc(C(C)(C)NC(=O)c3cc(Cl)cc(N4CCN(C)CC4)c3)nn2)cc1. The number of halogens is 1. The number of rotatable bonds is 9. The second kappa shape index (κ2) is 11.4. The van der Waals surface area contributed by atoms with Crippen molar-refractivity contribution >= 4 is 33.3 Å². The number of nitrogens with zero attached hydrogens (tertiary/aromatic N) is 5. The van der Waals surface area contributed by atoms with Crippen LogP contribution >= 0.6 is 11.6 Å². The average molecular weight is 561 g/mol. The number of aromatic nitrogens is 3. The highest BCUT2D eigenvalue weighted by Crippen LogP contribution is 2.25. The van der Waals surface area contributed by atoms with Crippen LogP contribution in [-0.4, -0.2) is 74.1 Å². The number of benzene rings is 2. The van der Waals surface area contributed by atoms with Gasteiger partial charge in [0.2, 0.25) is 0 Å². The van der Waals surface area contributed by atoms with E-state index in [1.807, 2.05) is 32.9 Å². The first kappa shape index (κ1) is 28.0. The van der Waals surface area contributed by atoms with Gasteiger partial charge in [-0.2, -0.15) is 8.42 Å². The lowest BCUT2D eigenvalue weighted by molar-refractivity contribution is 0.0910. The van der Waals surface area contributed by atoms with Crippen LogP contribution < -0.4 is 10.2 Å². The summed E-state index contributed by atoms with van der Waals surface area (Å²) in [6.45, 7) is 9.20. The predicted molar refractivity (Wildman–Crippen MR) is 146 cm³/mol. The summed E-state index contributed by atoms with van der Waals surface area (Å²) in [7, 11) is -1.78. The first-order chi connectivity index (χ1) is 17.9. The molecular formula is C26H33ClN6O4S. The summed E-state index contributed by atoms with van der Waals surface area (Å²) in [5, 5.41) is 11.8. The van der Waals surface area contributed by atoms with Gasteiger partial charge in [0, 0.05) is 42.5 Å². The minimum absolute atomic E-state index is 0.100. The first-order valence-corrected chi connectivity index (χ1v) is 14.1. The molecule has 10 nitrogen and oxygen atoms in total. The third-order valence-corrected chi connectivity index (χ3v) is 8.03. The van der Waals surface area contributed by atoms with Crippen LogP contribution in [0.2, 0.25) is 5.02 Å². The van der Waals surface area contributed by atoms with Gasteiger partial charge in [0.15, 0.2) is 0 Å². The van der Waals surface area contributed by atoms with Gasteiger partial charge >= 0.3 is 0 Å². The molecule has 12 heteroatoms. The lowest BCUT2D eigenvalue weighted by Gasteiger charge is -2.34. The summed E-state index contributed by atoms with van der Waals surface area (Å²) in [6.07, 6.45) is 1.66. The van der Waals surface area contributed by atoms with Crippen LogP contribution in [-0.2, 0) is 26.4 Å². The molecule has 1 saturated heterocycles. The minimum Gasteiger partial charge on any atom is -0.369 e. The van der Waals surface area contributed by atoms with Crippen LogP contribution in [0.4, 0.5) is 5.69 Å². The fraction of sp³-hybridized carbons (Fsp3) is 0.423. The number of likely N-dealkylation sites (N-methyl/N-ethyl adjacent to an activating group) is 1. The lowest BCUT2D eigenvalue weighted by Crippen LogP contribution is -2.44.